The molecule has 0 atom stereocenters. The fourth-order valence-electron chi connectivity index (χ4n) is 2.76. The van der Waals surface area contributed by atoms with Crippen LogP contribution in [0.2, 0.25) is 5.02 Å². The largest absolute Gasteiger partial charge is 0.495 e. The van der Waals surface area contributed by atoms with E-state index in [0.717, 1.165) is 25.2 Å². The first-order valence-corrected chi connectivity index (χ1v) is 8.80. The fourth-order valence-corrected chi connectivity index (χ4v) is 2.92. The molecule has 0 radical (unpaired) electrons. The third-order valence-electron chi connectivity index (χ3n) is 4.31. The molecule has 1 amide bonds. The van der Waals surface area contributed by atoms with Crippen molar-refractivity contribution in [2.45, 2.75) is 6.92 Å². The number of ether oxygens (including phenoxy) is 1. The number of rotatable bonds is 6. The Morgan fingerprint density at radius 3 is 2.69 bits per heavy atom. The standard InChI is InChI=1S/C18H24ClN5O2/c1-13-9-16(17(26-2)10-15(13)19)22-12-14(11-21)18(25)24-7-5-23(4-3-20)6-8-24/h9-10,12,22H,3-8,20H2,1-2H3/b14-12-. The number of anilines is 1. The highest BCUT2D eigenvalue weighted by Gasteiger charge is 2.23. The van der Waals surface area contributed by atoms with Gasteiger partial charge in [-0.05, 0) is 18.6 Å². The molecule has 1 aliphatic heterocycles. The molecule has 7 nitrogen and oxygen atoms in total. The number of hydrogen-bond acceptors (Lipinski definition) is 6. The highest BCUT2D eigenvalue weighted by molar-refractivity contribution is 6.31. The van der Waals surface area contributed by atoms with Crippen LogP contribution in [-0.2, 0) is 4.79 Å². The summed E-state index contributed by atoms with van der Waals surface area (Å²) >= 11 is 6.09. The molecule has 0 unspecified atom stereocenters. The zero-order valence-corrected chi connectivity index (χ0v) is 15.8. The van der Waals surface area contributed by atoms with Gasteiger partial charge in [0.1, 0.15) is 17.4 Å². The number of amides is 1. The van der Waals surface area contributed by atoms with Crippen LogP contribution < -0.4 is 15.8 Å². The number of nitrogens with two attached hydrogens (primary N) is 1. The number of nitrogens with one attached hydrogen (secondary N) is 1. The molecule has 1 saturated heterocycles. The third-order valence-corrected chi connectivity index (χ3v) is 4.72. The van der Waals surface area contributed by atoms with Crippen molar-refractivity contribution < 1.29 is 9.53 Å². The molecule has 26 heavy (non-hydrogen) atoms. The number of carbonyl (C=O) groups is 1. The van der Waals surface area contributed by atoms with Crippen LogP contribution in [0.3, 0.4) is 0 Å². The lowest BCUT2D eigenvalue weighted by molar-refractivity contribution is -0.128. The predicted octanol–water partition coefficient (Wildman–Crippen LogP) is 1.58. The molecule has 8 heteroatoms. The quantitative estimate of drug-likeness (QED) is 0.577. The average molecular weight is 378 g/mol. The van der Waals surface area contributed by atoms with Gasteiger partial charge in [0.2, 0.25) is 0 Å². The second-order valence-corrected chi connectivity index (χ2v) is 6.45. The summed E-state index contributed by atoms with van der Waals surface area (Å²) in [6, 6.07) is 5.48. The Bertz CT molecular complexity index is 721. The minimum absolute atomic E-state index is 0.0481. The average Bonchev–Trinajstić information content (AvgIpc) is 2.65. The van der Waals surface area contributed by atoms with Crippen LogP contribution in [0.15, 0.2) is 23.9 Å². The number of methoxy groups -OCH3 is 1. The topological polar surface area (TPSA) is 94.6 Å². The number of nitriles is 1. The fraction of sp³-hybridized carbons (Fsp3) is 0.444. The van der Waals surface area contributed by atoms with Crippen molar-refractivity contribution in [3.8, 4) is 11.8 Å². The number of benzene rings is 1. The zero-order valence-electron chi connectivity index (χ0n) is 15.1. The second-order valence-electron chi connectivity index (χ2n) is 6.04. The number of nitrogens with zero attached hydrogens (tertiary/aromatic N) is 3. The molecule has 1 aromatic carbocycles. The minimum atomic E-state index is -0.281. The Hall–Kier alpha value is -2.27. The lowest BCUT2D eigenvalue weighted by atomic mass is 10.2. The predicted molar refractivity (Wildman–Crippen MR) is 102 cm³/mol. The van der Waals surface area contributed by atoms with Crippen molar-refractivity contribution in [3.63, 3.8) is 0 Å². The van der Waals surface area contributed by atoms with Gasteiger partial charge in [-0.1, -0.05) is 11.6 Å². The second kappa shape index (κ2) is 9.43. The van der Waals surface area contributed by atoms with E-state index in [1.54, 1.807) is 11.0 Å². The van der Waals surface area contributed by atoms with Gasteiger partial charge in [0, 0.05) is 56.6 Å². The van der Waals surface area contributed by atoms with E-state index in [9.17, 15) is 10.1 Å². The van der Waals surface area contributed by atoms with Crippen LogP contribution in [-0.4, -0.2) is 62.1 Å². The summed E-state index contributed by atoms with van der Waals surface area (Å²) in [5.74, 6) is 0.258. The summed E-state index contributed by atoms with van der Waals surface area (Å²) in [4.78, 5) is 16.5. The molecule has 140 valence electrons. The minimum Gasteiger partial charge on any atom is -0.495 e. The van der Waals surface area contributed by atoms with Crippen LogP contribution >= 0.6 is 11.6 Å². The summed E-state index contributed by atoms with van der Waals surface area (Å²) in [5.41, 5.74) is 7.12. The third kappa shape index (κ3) is 4.88. The molecule has 1 heterocycles. The molecule has 0 bridgehead atoms. The summed E-state index contributed by atoms with van der Waals surface area (Å²) in [6.45, 7) is 5.98. The number of aryl methyl sites for hydroxylation is 1. The van der Waals surface area contributed by atoms with E-state index in [0.29, 0.717) is 36.1 Å². The molecule has 3 N–H and O–H groups in total. The van der Waals surface area contributed by atoms with Gasteiger partial charge < -0.3 is 20.7 Å². The van der Waals surface area contributed by atoms with Gasteiger partial charge in [-0.3, -0.25) is 9.69 Å². The van der Waals surface area contributed by atoms with Gasteiger partial charge in [0.25, 0.3) is 5.91 Å². The summed E-state index contributed by atoms with van der Waals surface area (Å²) < 4.78 is 5.29. The van der Waals surface area contributed by atoms with E-state index >= 15 is 0 Å². The molecule has 0 spiro atoms. The maximum Gasteiger partial charge on any atom is 0.266 e. The van der Waals surface area contributed by atoms with Gasteiger partial charge in [0.15, 0.2) is 0 Å². The lowest BCUT2D eigenvalue weighted by Gasteiger charge is -2.34. The summed E-state index contributed by atoms with van der Waals surface area (Å²) in [6.07, 6.45) is 1.42. The normalized spacial score (nSPS) is 15.5. The Morgan fingerprint density at radius 1 is 1.42 bits per heavy atom. The zero-order chi connectivity index (χ0) is 19.1. The molecule has 0 saturated carbocycles. The van der Waals surface area contributed by atoms with E-state index in [1.165, 1.54) is 13.3 Å². The summed E-state index contributed by atoms with van der Waals surface area (Å²) in [7, 11) is 1.53. The monoisotopic (exact) mass is 377 g/mol. The van der Waals surface area contributed by atoms with Crippen LogP contribution in [0.4, 0.5) is 5.69 Å². The van der Waals surface area contributed by atoms with Gasteiger partial charge in [0.05, 0.1) is 12.8 Å². The first kappa shape index (κ1) is 20.0. The molecule has 1 aromatic rings. The van der Waals surface area contributed by atoms with Crippen molar-refractivity contribution in [2.24, 2.45) is 5.73 Å². The molecule has 2 rings (SSSR count). The van der Waals surface area contributed by atoms with Crippen LogP contribution in [0.5, 0.6) is 5.75 Å². The molecule has 1 aliphatic rings. The molecule has 0 aromatic heterocycles. The van der Waals surface area contributed by atoms with E-state index in [1.807, 2.05) is 19.1 Å². The maximum atomic E-state index is 12.6. The van der Waals surface area contributed by atoms with E-state index in [2.05, 4.69) is 10.2 Å². The van der Waals surface area contributed by atoms with Gasteiger partial charge in [-0.25, -0.2) is 0 Å². The molecular weight excluding hydrogens is 354 g/mol. The Balaban J connectivity index is 2.08. The first-order chi connectivity index (χ1) is 12.5. The summed E-state index contributed by atoms with van der Waals surface area (Å²) in [5, 5.41) is 13.0. The number of carbonyl (C=O) groups excluding carboxylic acids is 1. The van der Waals surface area contributed by atoms with Crippen LogP contribution in [0.1, 0.15) is 5.56 Å². The van der Waals surface area contributed by atoms with Crippen molar-refractivity contribution in [1.29, 1.82) is 5.26 Å². The van der Waals surface area contributed by atoms with Crippen molar-refractivity contribution in [1.82, 2.24) is 9.80 Å². The number of halogens is 1. The molecular formula is C18H24ClN5O2. The number of piperazine rings is 1. The van der Waals surface area contributed by atoms with E-state index in [4.69, 9.17) is 22.1 Å². The highest BCUT2D eigenvalue weighted by atomic mass is 35.5. The molecule has 0 aliphatic carbocycles. The van der Waals surface area contributed by atoms with Crippen LogP contribution in [0.25, 0.3) is 0 Å². The van der Waals surface area contributed by atoms with E-state index < -0.39 is 0 Å². The first-order valence-electron chi connectivity index (χ1n) is 8.42. The Kier molecular flexibility index (Phi) is 7.27. The Labute approximate surface area is 158 Å². The van der Waals surface area contributed by atoms with Gasteiger partial charge >= 0.3 is 0 Å². The highest BCUT2D eigenvalue weighted by Crippen LogP contribution is 2.31. The maximum absolute atomic E-state index is 12.6. The van der Waals surface area contributed by atoms with E-state index in [-0.39, 0.29) is 11.5 Å². The van der Waals surface area contributed by atoms with Crippen LogP contribution in [0, 0.1) is 18.3 Å². The van der Waals surface area contributed by atoms with Gasteiger partial charge in [-0.15, -0.1) is 0 Å². The van der Waals surface area contributed by atoms with Crippen molar-refractivity contribution in [3.05, 3.63) is 34.5 Å². The van der Waals surface area contributed by atoms with Crippen molar-refractivity contribution >= 4 is 23.2 Å². The Morgan fingerprint density at radius 2 is 2.12 bits per heavy atom. The number of hydrogen-bond donors (Lipinski definition) is 2. The van der Waals surface area contributed by atoms with Crippen molar-refractivity contribution in [2.75, 3.05) is 51.7 Å². The SMILES string of the molecule is COc1cc(Cl)c(C)cc1N/C=C(/C#N)C(=O)N1CCN(CCN)CC1. The lowest BCUT2D eigenvalue weighted by Crippen LogP contribution is -2.50. The smallest absolute Gasteiger partial charge is 0.266 e. The van der Waals surface area contributed by atoms with Gasteiger partial charge in [-0.2, -0.15) is 5.26 Å². The molecule has 1 fully saturated rings.